The summed E-state index contributed by atoms with van der Waals surface area (Å²) in [6.45, 7) is 3.04. The highest BCUT2D eigenvalue weighted by Crippen LogP contribution is 2.47. The molecule has 3 unspecified atom stereocenters. The first-order chi connectivity index (χ1) is 16.1. The lowest BCUT2D eigenvalue weighted by atomic mass is 9.96. The minimum atomic E-state index is -4.57. The van der Waals surface area contributed by atoms with E-state index in [0.29, 0.717) is 10.6 Å². The van der Waals surface area contributed by atoms with Gasteiger partial charge in [-0.2, -0.15) is 13.2 Å². The van der Waals surface area contributed by atoms with Crippen LogP contribution in [0.2, 0.25) is 0 Å². The fourth-order valence-corrected chi connectivity index (χ4v) is 5.83. The molecule has 0 saturated heterocycles. The van der Waals surface area contributed by atoms with Crippen molar-refractivity contribution in [3.05, 3.63) is 96.6 Å². The van der Waals surface area contributed by atoms with Crippen LogP contribution in [0.4, 0.5) is 13.2 Å². The first-order valence-corrected chi connectivity index (χ1v) is 12.4. The van der Waals surface area contributed by atoms with Crippen LogP contribution in [0.1, 0.15) is 30.6 Å². The lowest BCUT2D eigenvalue weighted by Gasteiger charge is -2.32. The molecule has 0 saturated carbocycles. The Balaban J connectivity index is 1.88. The minimum absolute atomic E-state index is 0.148. The first kappa shape index (κ1) is 25.7. The molecule has 0 aliphatic rings. The molecule has 3 rings (SSSR count). The van der Waals surface area contributed by atoms with Gasteiger partial charge >= 0.3 is 12.1 Å². The van der Waals surface area contributed by atoms with Gasteiger partial charge in [-0.15, -0.1) is 0 Å². The van der Waals surface area contributed by atoms with Gasteiger partial charge in [0.25, 0.3) is 7.37 Å². The number of carbonyl (C=O) groups excluding carboxylic acids is 1. The quantitative estimate of drug-likeness (QED) is 0.267. The van der Waals surface area contributed by atoms with E-state index in [0.717, 1.165) is 0 Å². The van der Waals surface area contributed by atoms with E-state index < -0.39 is 44.1 Å². The Kier molecular flexibility index (Phi) is 8.34. The number of alkyl halides is 3. The standard InChI is InChI=1S/C26H26F3O4P/c1-19(24(18-26(27,28)29)32-25(30)21-12-6-3-7-13-21)20(2)33-34(31,22-14-8-4-9-15-22)23-16-10-5-11-17-23/h3-17,19-20,24H,18H2,1-2H3. The molecule has 180 valence electrons. The van der Waals surface area contributed by atoms with Gasteiger partial charge in [-0.25, -0.2) is 4.79 Å². The predicted octanol–water partition coefficient (Wildman–Crippen LogP) is 6.13. The normalized spacial score (nSPS) is 14.7. The Morgan fingerprint density at radius 2 is 1.26 bits per heavy atom. The van der Waals surface area contributed by atoms with Crippen molar-refractivity contribution in [2.45, 2.75) is 38.7 Å². The van der Waals surface area contributed by atoms with E-state index in [-0.39, 0.29) is 5.56 Å². The zero-order valence-corrected chi connectivity index (χ0v) is 19.7. The summed E-state index contributed by atoms with van der Waals surface area (Å²) >= 11 is 0. The van der Waals surface area contributed by atoms with Crippen LogP contribution in [0.15, 0.2) is 91.0 Å². The molecular weight excluding hydrogens is 464 g/mol. The van der Waals surface area contributed by atoms with E-state index in [1.165, 1.54) is 19.1 Å². The maximum absolute atomic E-state index is 14.1. The highest BCUT2D eigenvalue weighted by molar-refractivity contribution is 7.74. The van der Waals surface area contributed by atoms with Gasteiger partial charge in [-0.1, -0.05) is 61.5 Å². The number of benzene rings is 3. The van der Waals surface area contributed by atoms with Gasteiger partial charge < -0.3 is 9.26 Å². The first-order valence-electron chi connectivity index (χ1n) is 10.8. The summed E-state index contributed by atoms with van der Waals surface area (Å²) in [6, 6.07) is 24.9. The third kappa shape index (κ3) is 6.58. The van der Waals surface area contributed by atoms with Crippen molar-refractivity contribution in [3.8, 4) is 0 Å². The molecule has 0 heterocycles. The maximum Gasteiger partial charge on any atom is 0.392 e. The molecule has 3 aromatic carbocycles. The fourth-order valence-electron chi connectivity index (χ4n) is 3.49. The van der Waals surface area contributed by atoms with Crippen molar-refractivity contribution >= 4 is 23.9 Å². The van der Waals surface area contributed by atoms with Crippen LogP contribution >= 0.6 is 7.37 Å². The minimum Gasteiger partial charge on any atom is -0.458 e. The molecule has 0 amide bonds. The second kappa shape index (κ2) is 11.0. The van der Waals surface area contributed by atoms with Gasteiger partial charge in [0.05, 0.1) is 18.1 Å². The predicted molar refractivity (Wildman–Crippen MR) is 126 cm³/mol. The van der Waals surface area contributed by atoms with Crippen LogP contribution in [0.5, 0.6) is 0 Å². The Bertz CT molecular complexity index is 1060. The van der Waals surface area contributed by atoms with Crippen LogP contribution in [0.3, 0.4) is 0 Å². The highest BCUT2D eigenvalue weighted by atomic mass is 31.2. The summed E-state index contributed by atoms with van der Waals surface area (Å²) in [4.78, 5) is 12.5. The Hall–Kier alpha value is -2.89. The summed E-state index contributed by atoms with van der Waals surface area (Å²) in [5, 5.41) is 0.850. The van der Waals surface area contributed by atoms with Gasteiger partial charge in [-0.3, -0.25) is 4.57 Å². The summed E-state index contributed by atoms with van der Waals surface area (Å²) < 4.78 is 65.6. The van der Waals surface area contributed by atoms with Crippen molar-refractivity contribution in [1.29, 1.82) is 0 Å². The second-order valence-corrected chi connectivity index (χ2v) is 10.4. The van der Waals surface area contributed by atoms with E-state index in [1.807, 2.05) is 0 Å². The fraction of sp³-hybridized carbons (Fsp3) is 0.269. The average Bonchev–Trinajstić information content (AvgIpc) is 2.83. The second-order valence-electron chi connectivity index (χ2n) is 8.02. The van der Waals surface area contributed by atoms with Crippen molar-refractivity contribution in [3.63, 3.8) is 0 Å². The van der Waals surface area contributed by atoms with Crippen molar-refractivity contribution in [1.82, 2.24) is 0 Å². The monoisotopic (exact) mass is 490 g/mol. The molecule has 3 aromatic rings. The number of carbonyl (C=O) groups is 1. The number of hydrogen-bond acceptors (Lipinski definition) is 4. The smallest absolute Gasteiger partial charge is 0.392 e. The molecule has 4 nitrogen and oxygen atoms in total. The molecule has 0 aliphatic carbocycles. The van der Waals surface area contributed by atoms with Crippen LogP contribution in [-0.2, 0) is 13.8 Å². The van der Waals surface area contributed by atoms with Crippen molar-refractivity contribution < 1.29 is 31.8 Å². The van der Waals surface area contributed by atoms with E-state index >= 15 is 0 Å². The zero-order chi connectivity index (χ0) is 24.8. The summed E-state index contributed by atoms with van der Waals surface area (Å²) in [6.07, 6.45) is -8.37. The molecule has 0 bridgehead atoms. The third-order valence-electron chi connectivity index (χ3n) is 5.53. The van der Waals surface area contributed by atoms with Crippen molar-refractivity contribution in [2.75, 3.05) is 0 Å². The summed E-state index contributed by atoms with van der Waals surface area (Å²) in [7, 11) is -3.64. The number of rotatable bonds is 9. The lowest BCUT2D eigenvalue weighted by molar-refractivity contribution is -0.162. The third-order valence-corrected chi connectivity index (χ3v) is 8.12. The Morgan fingerprint density at radius 1 is 0.824 bits per heavy atom. The maximum atomic E-state index is 14.1. The molecular formula is C26H26F3O4P. The number of hydrogen-bond donors (Lipinski definition) is 0. The Morgan fingerprint density at radius 3 is 1.71 bits per heavy atom. The molecule has 0 N–H and O–H groups in total. The Labute approximate surface area is 197 Å². The highest BCUT2D eigenvalue weighted by Gasteiger charge is 2.41. The molecule has 0 spiro atoms. The number of halogens is 3. The van der Waals surface area contributed by atoms with Gasteiger partial charge in [0.1, 0.15) is 6.10 Å². The van der Waals surface area contributed by atoms with Crippen LogP contribution in [0, 0.1) is 5.92 Å². The molecule has 0 fully saturated rings. The SMILES string of the molecule is CC(OP(=O)(c1ccccc1)c1ccccc1)C(C)C(CC(F)(F)F)OC(=O)c1ccccc1. The summed E-state index contributed by atoms with van der Waals surface area (Å²) in [5.41, 5.74) is 0.148. The molecule has 0 radical (unpaired) electrons. The van der Waals surface area contributed by atoms with Crippen LogP contribution in [-0.4, -0.2) is 24.4 Å². The molecule has 34 heavy (non-hydrogen) atoms. The number of ether oxygens (including phenoxy) is 1. The lowest BCUT2D eigenvalue weighted by Crippen LogP contribution is -2.37. The van der Waals surface area contributed by atoms with E-state index in [4.69, 9.17) is 9.26 Å². The van der Waals surface area contributed by atoms with E-state index in [9.17, 15) is 22.5 Å². The van der Waals surface area contributed by atoms with Crippen LogP contribution < -0.4 is 10.6 Å². The molecule has 0 aromatic heterocycles. The molecule has 8 heteroatoms. The van der Waals surface area contributed by atoms with Gasteiger partial charge in [0.15, 0.2) is 0 Å². The van der Waals surface area contributed by atoms with Gasteiger partial charge in [0, 0.05) is 16.5 Å². The van der Waals surface area contributed by atoms with Crippen molar-refractivity contribution in [2.24, 2.45) is 5.92 Å². The van der Waals surface area contributed by atoms with Gasteiger partial charge in [-0.05, 0) is 43.3 Å². The zero-order valence-electron chi connectivity index (χ0n) is 18.8. The van der Waals surface area contributed by atoms with E-state index in [1.54, 1.807) is 85.8 Å². The summed E-state index contributed by atoms with van der Waals surface area (Å²) in [5.74, 6) is -1.77. The largest absolute Gasteiger partial charge is 0.458 e. The van der Waals surface area contributed by atoms with Crippen LogP contribution in [0.25, 0.3) is 0 Å². The molecule has 3 atom stereocenters. The van der Waals surface area contributed by atoms with Gasteiger partial charge in [0.2, 0.25) is 0 Å². The average molecular weight is 490 g/mol. The topological polar surface area (TPSA) is 52.6 Å². The van der Waals surface area contributed by atoms with E-state index in [2.05, 4.69) is 0 Å². The molecule has 0 aliphatic heterocycles. The number of esters is 1.